The highest BCUT2D eigenvalue weighted by atomic mass is 16.6. The highest BCUT2D eigenvalue weighted by Crippen LogP contribution is 2.31. The third-order valence-corrected chi connectivity index (χ3v) is 7.95. The Morgan fingerprint density at radius 3 is 1.62 bits per heavy atom. The largest absolute Gasteiger partial charge is 0.444 e. The molecular formula is C36H45N5O4. The lowest BCUT2D eigenvalue weighted by atomic mass is 9.95. The van der Waals surface area contributed by atoms with Crippen LogP contribution < -0.4 is 0 Å². The van der Waals surface area contributed by atoms with E-state index in [9.17, 15) is 9.59 Å². The molecule has 0 spiro atoms. The van der Waals surface area contributed by atoms with Gasteiger partial charge in [0.1, 0.15) is 11.2 Å². The number of aromatic nitrogens is 3. The van der Waals surface area contributed by atoms with Crippen molar-refractivity contribution in [2.24, 2.45) is 7.05 Å². The predicted octanol–water partition coefficient (Wildman–Crippen LogP) is 7.51. The van der Waals surface area contributed by atoms with E-state index < -0.39 is 11.2 Å². The van der Waals surface area contributed by atoms with Crippen molar-refractivity contribution < 1.29 is 19.1 Å². The van der Waals surface area contributed by atoms with Gasteiger partial charge in [-0.25, -0.2) is 9.59 Å². The number of hydrogen-bond donors (Lipinski definition) is 0. The smallest absolute Gasteiger partial charge is 0.410 e. The predicted molar refractivity (Wildman–Crippen MR) is 177 cm³/mol. The Kier molecular flexibility index (Phi) is 8.92. The summed E-state index contributed by atoms with van der Waals surface area (Å²) in [5.41, 5.74) is 6.89. The van der Waals surface area contributed by atoms with E-state index >= 15 is 0 Å². The molecular weight excluding hydrogens is 566 g/mol. The lowest BCUT2D eigenvalue weighted by Gasteiger charge is -2.29. The number of amides is 2. The molecule has 9 nitrogen and oxygen atoms in total. The highest BCUT2D eigenvalue weighted by Gasteiger charge is 2.25. The van der Waals surface area contributed by atoms with E-state index in [0.29, 0.717) is 26.2 Å². The minimum Gasteiger partial charge on any atom is -0.444 e. The molecule has 0 N–H and O–H groups in total. The molecule has 0 radical (unpaired) electrons. The van der Waals surface area contributed by atoms with Gasteiger partial charge in [0, 0.05) is 44.4 Å². The van der Waals surface area contributed by atoms with Gasteiger partial charge < -0.3 is 23.8 Å². The first-order chi connectivity index (χ1) is 21.2. The molecule has 0 fully saturated rings. The van der Waals surface area contributed by atoms with Crippen molar-refractivity contribution in [1.82, 2.24) is 24.6 Å². The second-order valence-corrected chi connectivity index (χ2v) is 13.8. The summed E-state index contributed by atoms with van der Waals surface area (Å²) < 4.78 is 13.1. The zero-order valence-electron chi connectivity index (χ0n) is 27.8. The molecule has 0 bridgehead atoms. The van der Waals surface area contributed by atoms with E-state index in [1.54, 1.807) is 9.80 Å². The SMILES string of the molecule is Cc1cc(C2=CCN(C(=O)OC(C)(C)C)CC2)ccc1-c1nnc(-c2ccc(C3=CCN(C(=O)OC(C)(C)C)CC3)cc2)n1C. The van der Waals surface area contributed by atoms with Crippen LogP contribution >= 0.6 is 0 Å². The number of carbonyl (C=O) groups is 2. The zero-order chi connectivity index (χ0) is 32.5. The molecule has 2 amide bonds. The Hall–Kier alpha value is -4.40. The van der Waals surface area contributed by atoms with Crippen LogP contribution in [0.2, 0.25) is 0 Å². The fourth-order valence-electron chi connectivity index (χ4n) is 5.61. The topological polar surface area (TPSA) is 89.8 Å². The van der Waals surface area contributed by atoms with Gasteiger partial charge in [-0.15, -0.1) is 10.2 Å². The van der Waals surface area contributed by atoms with Gasteiger partial charge in [0.2, 0.25) is 0 Å². The summed E-state index contributed by atoms with van der Waals surface area (Å²) in [6.45, 7) is 15.8. The maximum Gasteiger partial charge on any atom is 0.410 e. The van der Waals surface area contributed by atoms with Gasteiger partial charge in [-0.2, -0.15) is 0 Å². The first kappa shape index (κ1) is 32.0. The van der Waals surface area contributed by atoms with Crippen LogP contribution in [0.3, 0.4) is 0 Å². The quantitative estimate of drug-likeness (QED) is 0.303. The Morgan fingerprint density at radius 2 is 1.16 bits per heavy atom. The summed E-state index contributed by atoms with van der Waals surface area (Å²) in [4.78, 5) is 28.3. The fraction of sp³-hybridized carbons (Fsp3) is 0.444. The molecule has 2 aliphatic heterocycles. The molecule has 0 unspecified atom stereocenters. The summed E-state index contributed by atoms with van der Waals surface area (Å²) in [6.07, 6.45) is 5.24. The Bertz CT molecular complexity index is 1640. The van der Waals surface area contributed by atoms with E-state index in [0.717, 1.165) is 52.3 Å². The summed E-state index contributed by atoms with van der Waals surface area (Å²) in [6, 6.07) is 14.8. The van der Waals surface area contributed by atoms with Crippen molar-refractivity contribution >= 4 is 23.3 Å². The van der Waals surface area contributed by atoms with Gasteiger partial charge in [-0.3, -0.25) is 0 Å². The molecule has 9 heteroatoms. The minimum absolute atomic E-state index is 0.269. The first-order valence-corrected chi connectivity index (χ1v) is 15.6. The van der Waals surface area contributed by atoms with Crippen LogP contribution in [-0.2, 0) is 16.5 Å². The van der Waals surface area contributed by atoms with Crippen LogP contribution in [0.25, 0.3) is 33.9 Å². The van der Waals surface area contributed by atoms with Crippen LogP contribution in [0.1, 0.15) is 71.1 Å². The Balaban J connectivity index is 1.25. The third-order valence-electron chi connectivity index (χ3n) is 7.95. The number of hydrogen-bond acceptors (Lipinski definition) is 6. The van der Waals surface area contributed by atoms with E-state index in [2.05, 4.69) is 71.7 Å². The lowest BCUT2D eigenvalue weighted by Crippen LogP contribution is -2.39. The summed E-state index contributed by atoms with van der Waals surface area (Å²) >= 11 is 0. The number of benzene rings is 2. The molecule has 238 valence electrons. The number of nitrogens with zero attached hydrogens (tertiary/aromatic N) is 5. The minimum atomic E-state index is -0.501. The van der Waals surface area contributed by atoms with Gasteiger partial charge in [0.15, 0.2) is 11.6 Å². The van der Waals surface area contributed by atoms with E-state index in [4.69, 9.17) is 9.47 Å². The molecule has 1 aromatic heterocycles. The monoisotopic (exact) mass is 611 g/mol. The molecule has 2 aromatic carbocycles. The van der Waals surface area contributed by atoms with Crippen LogP contribution in [0.4, 0.5) is 9.59 Å². The van der Waals surface area contributed by atoms with Crippen molar-refractivity contribution in [2.45, 2.75) is 72.5 Å². The highest BCUT2D eigenvalue weighted by molar-refractivity contribution is 5.76. The van der Waals surface area contributed by atoms with Crippen LogP contribution in [0, 0.1) is 6.92 Å². The number of rotatable bonds is 4. The molecule has 2 aliphatic rings. The van der Waals surface area contributed by atoms with Crippen molar-refractivity contribution in [3.05, 3.63) is 71.3 Å². The third kappa shape index (κ3) is 7.64. The van der Waals surface area contributed by atoms with Gasteiger partial charge in [-0.05, 0) is 89.1 Å². The van der Waals surface area contributed by atoms with E-state index in [1.165, 1.54) is 11.1 Å². The summed E-state index contributed by atoms with van der Waals surface area (Å²) in [5, 5.41) is 9.11. The van der Waals surface area contributed by atoms with Crippen molar-refractivity contribution in [2.75, 3.05) is 26.2 Å². The van der Waals surface area contributed by atoms with Gasteiger partial charge in [-0.1, -0.05) is 54.6 Å². The van der Waals surface area contributed by atoms with E-state index in [1.807, 2.05) is 53.2 Å². The molecule has 0 saturated carbocycles. The number of carbonyl (C=O) groups excluding carboxylic acids is 2. The van der Waals surface area contributed by atoms with Gasteiger partial charge >= 0.3 is 12.2 Å². The second kappa shape index (κ2) is 12.5. The molecule has 5 rings (SSSR count). The molecule has 3 heterocycles. The normalized spacial score (nSPS) is 15.8. The Labute approximate surface area is 266 Å². The zero-order valence-corrected chi connectivity index (χ0v) is 27.8. The average molecular weight is 612 g/mol. The van der Waals surface area contributed by atoms with Crippen molar-refractivity contribution in [3.63, 3.8) is 0 Å². The molecule has 0 saturated heterocycles. The standard InChI is InChI=1S/C36H45N5O4/c1-24-23-29(27-17-21-41(22-18-27)34(43)45-36(5,6)7)13-14-30(24)32-38-37-31(39(32)8)28-11-9-25(10-12-28)26-15-19-40(20-16-26)33(42)44-35(2,3)4/h9-15,17,23H,16,18-22H2,1-8H3. The van der Waals surface area contributed by atoms with Crippen LogP contribution in [-0.4, -0.2) is 74.1 Å². The molecule has 0 aliphatic carbocycles. The summed E-state index contributed by atoms with van der Waals surface area (Å²) in [7, 11) is 2.00. The van der Waals surface area contributed by atoms with Crippen LogP contribution in [0.15, 0.2) is 54.6 Å². The van der Waals surface area contributed by atoms with Gasteiger partial charge in [0.05, 0.1) is 0 Å². The second-order valence-electron chi connectivity index (χ2n) is 13.8. The number of ether oxygens (including phenoxy) is 2. The number of aryl methyl sites for hydroxylation is 1. The maximum atomic E-state index is 12.4. The van der Waals surface area contributed by atoms with Gasteiger partial charge in [0.25, 0.3) is 0 Å². The van der Waals surface area contributed by atoms with Crippen molar-refractivity contribution in [3.8, 4) is 22.8 Å². The molecule has 45 heavy (non-hydrogen) atoms. The van der Waals surface area contributed by atoms with Crippen molar-refractivity contribution in [1.29, 1.82) is 0 Å². The van der Waals surface area contributed by atoms with Crippen LogP contribution in [0.5, 0.6) is 0 Å². The lowest BCUT2D eigenvalue weighted by molar-refractivity contribution is 0.0260. The average Bonchev–Trinajstić information content (AvgIpc) is 3.36. The first-order valence-electron chi connectivity index (χ1n) is 15.6. The molecule has 0 atom stereocenters. The Morgan fingerprint density at radius 1 is 0.689 bits per heavy atom. The van der Waals surface area contributed by atoms with E-state index in [-0.39, 0.29) is 12.2 Å². The molecule has 3 aromatic rings. The maximum absolute atomic E-state index is 12.4. The summed E-state index contributed by atoms with van der Waals surface area (Å²) in [5.74, 6) is 1.61. The fourth-order valence-corrected chi connectivity index (χ4v) is 5.61.